The molecule has 0 amide bonds. The van der Waals surface area contributed by atoms with Gasteiger partial charge in [-0.3, -0.25) is 4.68 Å². The van der Waals surface area contributed by atoms with E-state index < -0.39 is 12.1 Å². The molecule has 1 saturated heterocycles. The molecule has 0 radical (unpaired) electrons. The Bertz CT molecular complexity index is 1520. The summed E-state index contributed by atoms with van der Waals surface area (Å²) in [6, 6.07) is 6.32. The number of hydrogen-bond acceptors (Lipinski definition) is 9. The van der Waals surface area contributed by atoms with Crippen molar-refractivity contribution in [2.24, 2.45) is 5.92 Å². The third kappa shape index (κ3) is 5.52. The number of nitrogens with zero attached hydrogens (tertiary/aromatic N) is 9. The Morgan fingerprint density at radius 1 is 1.24 bits per heavy atom. The van der Waals surface area contributed by atoms with Crippen LogP contribution in [0.4, 0.5) is 19.0 Å². The van der Waals surface area contributed by atoms with Gasteiger partial charge >= 0.3 is 12.1 Å². The van der Waals surface area contributed by atoms with Crippen molar-refractivity contribution in [1.29, 1.82) is 10.5 Å². The molecular weight excluding hydrogens is 505 g/mol. The smallest absolute Gasteiger partial charge is 0.475 e. The van der Waals surface area contributed by atoms with Gasteiger partial charge in [-0.1, -0.05) is 0 Å². The minimum atomic E-state index is -5.08. The van der Waals surface area contributed by atoms with Gasteiger partial charge in [0.15, 0.2) is 0 Å². The van der Waals surface area contributed by atoms with E-state index in [4.69, 9.17) is 9.90 Å². The number of aromatic nitrogens is 7. The first-order valence-corrected chi connectivity index (χ1v) is 11.2. The molecular formula is C23H19F3N10O2. The number of rotatable bonds is 5. The highest BCUT2D eigenvalue weighted by Gasteiger charge is 2.38. The van der Waals surface area contributed by atoms with Gasteiger partial charge < -0.3 is 15.0 Å². The van der Waals surface area contributed by atoms with E-state index in [-0.39, 0.29) is 12.0 Å². The number of hydrogen-bond donors (Lipinski definition) is 2. The molecule has 4 aromatic heterocycles. The molecule has 1 aliphatic rings. The van der Waals surface area contributed by atoms with Crippen LogP contribution in [0.1, 0.15) is 24.4 Å². The molecule has 0 bridgehead atoms. The van der Waals surface area contributed by atoms with Crippen molar-refractivity contribution < 1.29 is 23.1 Å². The largest absolute Gasteiger partial charge is 0.490 e. The van der Waals surface area contributed by atoms with Crippen LogP contribution in [-0.2, 0) is 4.79 Å². The zero-order valence-electron chi connectivity index (χ0n) is 19.5. The predicted octanol–water partition coefficient (Wildman–Crippen LogP) is 3.10. The van der Waals surface area contributed by atoms with Crippen molar-refractivity contribution in [3.63, 3.8) is 0 Å². The van der Waals surface area contributed by atoms with Crippen LogP contribution in [0.15, 0.2) is 43.5 Å². The topological polar surface area (TPSA) is 173 Å². The third-order valence-corrected chi connectivity index (χ3v) is 5.99. The second kappa shape index (κ2) is 10.9. The molecule has 0 aliphatic carbocycles. The number of carboxylic acid groups (broad SMARTS) is 1. The van der Waals surface area contributed by atoms with Gasteiger partial charge in [0.05, 0.1) is 36.6 Å². The van der Waals surface area contributed by atoms with E-state index in [1.54, 1.807) is 6.20 Å². The van der Waals surface area contributed by atoms with Crippen molar-refractivity contribution in [2.45, 2.75) is 25.1 Å². The van der Waals surface area contributed by atoms with Crippen molar-refractivity contribution in [2.75, 3.05) is 18.0 Å². The van der Waals surface area contributed by atoms with Crippen LogP contribution in [0.2, 0.25) is 0 Å². The summed E-state index contributed by atoms with van der Waals surface area (Å²) in [5.74, 6) is -1.91. The molecule has 1 unspecified atom stereocenters. The number of halogens is 3. The lowest BCUT2D eigenvalue weighted by Gasteiger charge is -2.23. The van der Waals surface area contributed by atoms with Crippen LogP contribution in [-0.4, -0.2) is 65.0 Å². The zero-order valence-corrected chi connectivity index (χ0v) is 19.5. The zero-order chi connectivity index (χ0) is 27.3. The van der Waals surface area contributed by atoms with Gasteiger partial charge in [0.2, 0.25) is 0 Å². The van der Waals surface area contributed by atoms with Gasteiger partial charge in [-0.25, -0.2) is 24.7 Å². The quantitative estimate of drug-likeness (QED) is 0.395. The minimum Gasteiger partial charge on any atom is -0.475 e. The highest BCUT2D eigenvalue weighted by Crippen LogP contribution is 2.34. The SMILES string of the molecule is N#CCC([C@H]1CCN(c2ncncc2C#N)C1)n1cc(-c2ncnc3[nH]ccc23)cn1.O=C(O)C(F)(F)F. The molecule has 2 N–H and O–H groups in total. The number of alkyl halides is 3. The van der Waals surface area contributed by atoms with E-state index in [0.717, 1.165) is 35.3 Å². The highest BCUT2D eigenvalue weighted by molar-refractivity contribution is 5.90. The van der Waals surface area contributed by atoms with Crippen molar-refractivity contribution in [1.82, 2.24) is 34.7 Å². The number of carboxylic acids is 1. The molecule has 12 nitrogen and oxygen atoms in total. The van der Waals surface area contributed by atoms with Crippen LogP contribution in [0.3, 0.4) is 0 Å². The lowest BCUT2D eigenvalue weighted by Crippen LogP contribution is -2.26. The maximum atomic E-state index is 10.6. The maximum absolute atomic E-state index is 10.6. The molecule has 0 aromatic carbocycles. The fourth-order valence-corrected chi connectivity index (χ4v) is 4.26. The van der Waals surface area contributed by atoms with Crippen molar-refractivity contribution in [3.8, 4) is 23.4 Å². The Morgan fingerprint density at radius 2 is 2.03 bits per heavy atom. The molecule has 2 atom stereocenters. The molecule has 38 heavy (non-hydrogen) atoms. The average molecular weight is 524 g/mol. The second-order valence-corrected chi connectivity index (χ2v) is 8.27. The van der Waals surface area contributed by atoms with E-state index in [2.05, 4.69) is 47.1 Å². The number of nitrogens with one attached hydrogen (secondary N) is 1. The Morgan fingerprint density at radius 3 is 2.74 bits per heavy atom. The summed E-state index contributed by atoms with van der Waals surface area (Å²) in [7, 11) is 0. The van der Waals surface area contributed by atoms with Crippen molar-refractivity contribution in [3.05, 3.63) is 49.1 Å². The minimum absolute atomic E-state index is 0.0836. The lowest BCUT2D eigenvalue weighted by atomic mass is 9.96. The van der Waals surface area contributed by atoms with Crippen molar-refractivity contribution >= 4 is 22.8 Å². The average Bonchev–Trinajstić information content (AvgIpc) is 3.68. The Labute approximate surface area is 213 Å². The predicted molar refractivity (Wildman–Crippen MR) is 125 cm³/mol. The molecule has 0 saturated carbocycles. The van der Waals surface area contributed by atoms with Gasteiger partial charge in [-0.15, -0.1) is 0 Å². The monoisotopic (exact) mass is 524 g/mol. The molecule has 5 rings (SSSR count). The summed E-state index contributed by atoms with van der Waals surface area (Å²) in [4.78, 5) is 31.0. The van der Waals surface area contributed by atoms with Crippen LogP contribution in [0, 0.1) is 28.6 Å². The van der Waals surface area contributed by atoms with Crippen LogP contribution < -0.4 is 4.90 Å². The lowest BCUT2D eigenvalue weighted by molar-refractivity contribution is -0.192. The van der Waals surface area contributed by atoms with E-state index in [9.17, 15) is 23.7 Å². The number of nitriles is 2. The summed E-state index contributed by atoms with van der Waals surface area (Å²) < 4.78 is 33.6. The molecule has 194 valence electrons. The number of H-pyrrole nitrogens is 1. The number of aliphatic carboxylic acids is 1. The first-order valence-electron chi connectivity index (χ1n) is 11.2. The first kappa shape index (κ1) is 26.0. The van der Waals surface area contributed by atoms with Crippen LogP contribution in [0.25, 0.3) is 22.3 Å². The highest BCUT2D eigenvalue weighted by atomic mass is 19.4. The number of aromatic amines is 1. The molecule has 1 aliphatic heterocycles. The standard InChI is InChI=1S/C21H18N10.C2HF3O2/c22-4-1-18(14-3-6-30(10-14)21-15(7-23)8-24-12-28-21)31-11-16(9-29-31)19-17-2-5-25-20(17)27-13-26-19;3-2(4,5)1(6)7/h2,5,8-9,11-14,18H,1,3,6,10H2,(H,25,26,27);(H,6,7)/t14-,18?;/m0./s1. The summed E-state index contributed by atoms with van der Waals surface area (Å²) in [5.41, 5.74) is 2.92. The summed E-state index contributed by atoms with van der Waals surface area (Å²) in [5, 5.41) is 31.5. The molecule has 15 heteroatoms. The van der Waals surface area contributed by atoms with Gasteiger partial charge in [0.25, 0.3) is 0 Å². The summed E-state index contributed by atoms with van der Waals surface area (Å²) in [6.07, 6.45) is 6.23. The number of fused-ring (bicyclic) bond motifs is 1. The summed E-state index contributed by atoms with van der Waals surface area (Å²) in [6.45, 7) is 1.46. The second-order valence-electron chi connectivity index (χ2n) is 8.27. The Balaban J connectivity index is 0.000000426. The van der Waals surface area contributed by atoms with Gasteiger partial charge in [-0.2, -0.15) is 28.8 Å². The normalized spacial score (nSPS) is 15.8. The Kier molecular flexibility index (Phi) is 7.48. The molecule has 0 spiro atoms. The maximum Gasteiger partial charge on any atom is 0.490 e. The van der Waals surface area contributed by atoms with Gasteiger partial charge in [0, 0.05) is 42.4 Å². The first-order chi connectivity index (χ1) is 18.2. The number of anilines is 1. The molecule has 5 heterocycles. The van der Waals surface area contributed by atoms with E-state index >= 15 is 0 Å². The van der Waals surface area contributed by atoms with Crippen LogP contribution in [0.5, 0.6) is 0 Å². The van der Waals surface area contributed by atoms with Crippen LogP contribution >= 0.6 is 0 Å². The van der Waals surface area contributed by atoms with Gasteiger partial charge in [0.1, 0.15) is 35.8 Å². The molecule has 1 fully saturated rings. The van der Waals surface area contributed by atoms with Gasteiger partial charge in [-0.05, 0) is 12.5 Å². The van der Waals surface area contributed by atoms with E-state index in [1.807, 2.05) is 23.1 Å². The van der Waals surface area contributed by atoms with E-state index in [1.165, 1.54) is 18.9 Å². The Hall–Kier alpha value is -5.05. The third-order valence-electron chi connectivity index (χ3n) is 5.99. The molecule has 4 aromatic rings. The fraction of sp³-hybridized carbons (Fsp3) is 0.304. The summed E-state index contributed by atoms with van der Waals surface area (Å²) >= 11 is 0. The van der Waals surface area contributed by atoms with E-state index in [0.29, 0.717) is 24.3 Å². The fourth-order valence-electron chi connectivity index (χ4n) is 4.26. The number of carbonyl (C=O) groups is 1.